The Morgan fingerprint density at radius 3 is 0.897 bits per heavy atom. The maximum atomic E-state index is 12.5. The molecule has 4 nitrogen and oxygen atoms in total. The summed E-state index contributed by atoms with van der Waals surface area (Å²) in [4.78, 5) is 12.5. The van der Waals surface area contributed by atoms with Crippen molar-refractivity contribution in [1.29, 1.82) is 0 Å². The average Bonchev–Trinajstić information content (AvgIpc) is 3.34. The Morgan fingerprint density at radius 2 is 0.603 bits per heavy atom. The third-order valence-electron chi connectivity index (χ3n) is 14.7. The number of hydrogen-bond donors (Lipinski definition) is 3. The summed E-state index contributed by atoms with van der Waals surface area (Å²) in [5.41, 5.74) is 0. The van der Waals surface area contributed by atoms with Crippen LogP contribution < -0.4 is 5.32 Å². The van der Waals surface area contributed by atoms with Crippen LogP contribution in [0.4, 0.5) is 0 Å². The van der Waals surface area contributed by atoms with Crippen molar-refractivity contribution < 1.29 is 15.0 Å². The molecule has 0 bridgehead atoms. The summed E-state index contributed by atoms with van der Waals surface area (Å²) in [6.07, 6.45) is 81.6. The third-order valence-corrected chi connectivity index (χ3v) is 14.7. The van der Waals surface area contributed by atoms with Crippen molar-refractivity contribution in [2.75, 3.05) is 6.61 Å². The zero-order valence-corrected chi connectivity index (χ0v) is 46.4. The van der Waals surface area contributed by atoms with Gasteiger partial charge in [0.2, 0.25) is 5.91 Å². The summed E-state index contributed by atoms with van der Waals surface area (Å²) < 4.78 is 0. The van der Waals surface area contributed by atoms with Crippen molar-refractivity contribution in [1.82, 2.24) is 5.32 Å². The van der Waals surface area contributed by atoms with E-state index in [4.69, 9.17) is 0 Å². The van der Waals surface area contributed by atoms with Gasteiger partial charge in [-0.2, -0.15) is 0 Å². The van der Waals surface area contributed by atoms with Crippen LogP contribution in [0.5, 0.6) is 0 Å². The smallest absolute Gasteiger partial charge is 0.220 e. The molecule has 0 aliphatic carbocycles. The highest BCUT2D eigenvalue weighted by molar-refractivity contribution is 5.76. The number of allylic oxidation sites excluding steroid dienone is 6. The number of aliphatic hydroxyl groups is 2. The molecule has 0 fully saturated rings. The Balaban J connectivity index is 3.41. The number of carbonyl (C=O) groups is 1. The molecule has 0 saturated heterocycles. The molecular formula is C64H123NO3. The minimum absolute atomic E-state index is 0.0245. The van der Waals surface area contributed by atoms with E-state index in [1.165, 1.54) is 283 Å². The highest BCUT2D eigenvalue weighted by Crippen LogP contribution is 2.18. The summed E-state index contributed by atoms with van der Waals surface area (Å²) in [6.45, 7) is 4.38. The fourth-order valence-electron chi connectivity index (χ4n) is 9.90. The van der Waals surface area contributed by atoms with Crippen molar-refractivity contribution >= 4 is 5.91 Å². The number of carbonyl (C=O) groups excluding carboxylic acids is 1. The van der Waals surface area contributed by atoms with Gasteiger partial charge in [-0.25, -0.2) is 0 Å². The van der Waals surface area contributed by atoms with Gasteiger partial charge in [0.05, 0.1) is 18.8 Å². The van der Waals surface area contributed by atoms with E-state index in [1.54, 1.807) is 0 Å². The van der Waals surface area contributed by atoms with Crippen molar-refractivity contribution in [3.8, 4) is 0 Å². The van der Waals surface area contributed by atoms with E-state index in [0.717, 1.165) is 38.5 Å². The SMILES string of the molecule is CCCCCCC/C=C\C/C=C\C/C=C\CCCCCCCCCCCCCCCCCCCCCCC(=O)NC(CO)C(O)CCCCCCCCCCCCCCCCCCCCCCC. The summed E-state index contributed by atoms with van der Waals surface area (Å²) in [5.74, 6) is -0.0245. The first-order valence-electron chi connectivity index (χ1n) is 31.2. The van der Waals surface area contributed by atoms with Crippen LogP contribution in [0.1, 0.15) is 348 Å². The number of hydrogen-bond acceptors (Lipinski definition) is 3. The molecule has 0 aromatic heterocycles. The van der Waals surface area contributed by atoms with Gasteiger partial charge in [0, 0.05) is 6.42 Å². The van der Waals surface area contributed by atoms with E-state index in [2.05, 4.69) is 55.6 Å². The molecule has 0 heterocycles. The van der Waals surface area contributed by atoms with Crippen LogP contribution in [-0.4, -0.2) is 34.9 Å². The Morgan fingerprint density at radius 1 is 0.353 bits per heavy atom. The molecule has 0 aromatic rings. The Hall–Kier alpha value is -1.39. The van der Waals surface area contributed by atoms with Crippen molar-refractivity contribution in [2.45, 2.75) is 360 Å². The van der Waals surface area contributed by atoms with Gasteiger partial charge in [-0.15, -0.1) is 0 Å². The molecule has 2 atom stereocenters. The van der Waals surface area contributed by atoms with Crippen LogP contribution in [0.2, 0.25) is 0 Å². The van der Waals surface area contributed by atoms with E-state index in [1.807, 2.05) is 0 Å². The second kappa shape index (κ2) is 59.9. The molecule has 0 radical (unpaired) electrons. The second-order valence-corrected chi connectivity index (χ2v) is 21.5. The van der Waals surface area contributed by atoms with E-state index in [-0.39, 0.29) is 12.5 Å². The van der Waals surface area contributed by atoms with Gasteiger partial charge in [0.15, 0.2) is 0 Å². The Bertz CT molecular complexity index is 1040. The lowest BCUT2D eigenvalue weighted by Crippen LogP contribution is -2.45. The molecule has 68 heavy (non-hydrogen) atoms. The fraction of sp³-hybridized carbons (Fsp3) is 0.891. The lowest BCUT2D eigenvalue weighted by molar-refractivity contribution is -0.123. The number of amides is 1. The number of aliphatic hydroxyl groups excluding tert-OH is 2. The molecule has 0 rings (SSSR count). The minimum Gasteiger partial charge on any atom is -0.394 e. The maximum absolute atomic E-state index is 12.5. The van der Waals surface area contributed by atoms with Crippen molar-refractivity contribution in [3.05, 3.63) is 36.5 Å². The Labute approximate surface area is 427 Å². The van der Waals surface area contributed by atoms with Crippen LogP contribution in [0, 0.1) is 0 Å². The van der Waals surface area contributed by atoms with Crippen LogP contribution in [0.15, 0.2) is 36.5 Å². The molecule has 1 amide bonds. The molecule has 0 aromatic carbocycles. The van der Waals surface area contributed by atoms with Crippen LogP contribution in [-0.2, 0) is 4.79 Å². The minimum atomic E-state index is -0.659. The zero-order chi connectivity index (χ0) is 49.2. The third kappa shape index (κ3) is 55.5. The molecule has 4 heteroatoms. The highest BCUT2D eigenvalue weighted by Gasteiger charge is 2.20. The first-order chi connectivity index (χ1) is 33.7. The molecule has 0 spiro atoms. The van der Waals surface area contributed by atoms with Crippen molar-refractivity contribution in [2.24, 2.45) is 0 Å². The Kier molecular flexibility index (Phi) is 58.7. The van der Waals surface area contributed by atoms with Gasteiger partial charge >= 0.3 is 0 Å². The van der Waals surface area contributed by atoms with Gasteiger partial charge in [-0.1, -0.05) is 326 Å². The number of rotatable bonds is 58. The molecule has 0 aliphatic rings. The number of nitrogens with one attached hydrogen (secondary N) is 1. The molecule has 402 valence electrons. The molecule has 3 N–H and O–H groups in total. The van der Waals surface area contributed by atoms with Gasteiger partial charge in [-0.3, -0.25) is 4.79 Å². The fourth-order valence-corrected chi connectivity index (χ4v) is 9.90. The van der Waals surface area contributed by atoms with Crippen LogP contribution in [0.25, 0.3) is 0 Å². The lowest BCUT2D eigenvalue weighted by Gasteiger charge is -2.22. The number of unbranched alkanes of at least 4 members (excludes halogenated alkanes) is 45. The quantitative estimate of drug-likeness (QED) is 0.0420. The predicted molar refractivity (Wildman–Crippen MR) is 304 cm³/mol. The summed E-state index contributed by atoms with van der Waals surface area (Å²) in [5, 5.41) is 23.4. The predicted octanol–water partition coefficient (Wildman–Crippen LogP) is 20.8. The van der Waals surface area contributed by atoms with E-state index in [9.17, 15) is 15.0 Å². The first kappa shape index (κ1) is 66.6. The van der Waals surface area contributed by atoms with E-state index < -0.39 is 12.1 Å². The average molecular weight is 955 g/mol. The normalized spacial score (nSPS) is 12.9. The van der Waals surface area contributed by atoms with Crippen LogP contribution in [0.3, 0.4) is 0 Å². The van der Waals surface area contributed by atoms with Gasteiger partial charge in [0.25, 0.3) is 0 Å². The van der Waals surface area contributed by atoms with Crippen molar-refractivity contribution in [3.63, 3.8) is 0 Å². The van der Waals surface area contributed by atoms with E-state index in [0.29, 0.717) is 12.8 Å². The monoisotopic (exact) mass is 954 g/mol. The highest BCUT2D eigenvalue weighted by atomic mass is 16.3. The molecule has 0 aliphatic heterocycles. The summed E-state index contributed by atoms with van der Waals surface area (Å²) >= 11 is 0. The molecule has 2 unspecified atom stereocenters. The topological polar surface area (TPSA) is 69.6 Å². The van der Waals surface area contributed by atoms with Gasteiger partial charge < -0.3 is 15.5 Å². The maximum Gasteiger partial charge on any atom is 0.220 e. The largest absolute Gasteiger partial charge is 0.394 e. The van der Waals surface area contributed by atoms with Crippen LogP contribution >= 0.6 is 0 Å². The second-order valence-electron chi connectivity index (χ2n) is 21.5. The zero-order valence-electron chi connectivity index (χ0n) is 46.4. The first-order valence-corrected chi connectivity index (χ1v) is 31.2. The molecular weight excluding hydrogens is 831 g/mol. The van der Waals surface area contributed by atoms with Gasteiger partial charge in [-0.05, 0) is 51.4 Å². The van der Waals surface area contributed by atoms with Gasteiger partial charge in [0.1, 0.15) is 0 Å². The standard InChI is InChI=1S/C64H123NO3/c1-3-5-7-9-11-13-15-17-19-21-23-25-26-27-28-29-30-31-32-33-34-35-36-37-38-40-42-44-46-48-50-52-54-56-58-60-64(68)65-62(61-66)63(67)59-57-55-53-51-49-47-45-43-41-39-24-22-20-18-16-14-12-10-8-6-4-2/h15,17,21,23,26-27,62-63,66-67H,3-14,16,18-20,22,24-25,28-61H2,1-2H3,(H,65,68)/b17-15-,23-21-,27-26-. The summed E-state index contributed by atoms with van der Waals surface area (Å²) in [6, 6.07) is -0.535. The molecule has 0 saturated carbocycles. The lowest BCUT2D eigenvalue weighted by atomic mass is 10.0. The summed E-state index contributed by atoms with van der Waals surface area (Å²) in [7, 11) is 0. The van der Waals surface area contributed by atoms with E-state index >= 15 is 0 Å².